The zero-order valence-electron chi connectivity index (χ0n) is 7.44. The summed E-state index contributed by atoms with van der Waals surface area (Å²) in [5.74, 6) is 0. The molecule has 0 spiro atoms. The number of pyridine rings is 1. The van der Waals surface area contributed by atoms with Gasteiger partial charge in [0, 0.05) is 5.56 Å². The quantitative estimate of drug-likeness (QED) is 0.674. The van der Waals surface area contributed by atoms with Crippen molar-refractivity contribution in [2.75, 3.05) is 0 Å². The Hall–Kier alpha value is -2.14. The molecule has 0 unspecified atom stereocenters. The summed E-state index contributed by atoms with van der Waals surface area (Å²) >= 11 is 0. The molecule has 1 aromatic carbocycles. The lowest BCUT2D eigenvalue weighted by atomic mass is 10.1. The average molecular weight is 179 g/mol. The Labute approximate surface area is 82.5 Å². The van der Waals surface area contributed by atoms with Gasteiger partial charge in [0.2, 0.25) is 0 Å². The molecule has 0 atom stereocenters. The predicted molar refractivity (Wildman–Crippen MR) is 53.2 cm³/mol. The maximum Gasteiger partial charge on any atom is 0.141 e. The monoisotopic (exact) mass is 179 g/mol. The Morgan fingerprint density at radius 3 is 2.86 bits per heavy atom. The molecule has 65 valence electrons. The number of hydrogen-bond donors (Lipinski definition) is 0. The van der Waals surface area contributed by atoms with E-state index in [1.807, 2.05) is 42.5 Å². The van der Waals surface area contributed by atoms with Crippen LogP contribution in [0.25, 0.3) is 11.3 Å². The van der Waals surface area contributed by atoms with Gasteiger partial charge in [-0.05, 0) is 24.3 Å². The van der Waals surface area contributed by atoms with Crippen molar-refractivity contribution in [3.8, 4) is 17.3 Å². The van der Waals surface area contributed by atoms with Crippen molar-refractivity contribution in [1.29, 1.82) is 5.26 Å². The van der Waals surface area contributed by atoms with Gasteiger partial charge >= 0.3 is 0 Å². The van der Waals surface area contributed by atoms with Crippen molar-refractivity contribution < 1.29 is 0 Å². The molecule has 0 saturated carbocycles. The van der Waals surface area contributed by atoms with E-state index in [0.29, 0.717) is 5.69 Å². The van der Waals surface area contributed by atoms with Gasteiger partial charge in [-0.2, -0.15) is 5.26 Å². The second-order valence-corrected chi connectivity index (χ2v) is 2.81. The van der Waals surface area contributed by atoms with Crippen molar-refractivity contribution in [3.05, 3.63) is 54.2 Å². The van der Waals surface area contributed by atoms with E-state index in [-0.39, 0.29) is 0 Å². The Balaban J connectivity index is 2.49. The van der Waals surface area contributed by atoms with Gasteiger partial charge in [0.1, 0.15) is 11.8 Å². The normalized spacial score (nSPS) is 9.36. The second kappa shape index (κ2) is 3.71. The van der Waals surface area contributed by atoms with Crippen LogP contribution in [0.5, 0.6) is 0 Å². The lowest BCUT2D eigenvalue weighted by Crippen LogP contribution is -1.86. The van der Waals surface area contributed by atoms with Gasteiger partial charge in [-0.15, -0.1) is 0 Å². The van der Waals surface area contributed by atoms with Gasteiger partial charge in [0.15, 0.2) is 0 Å². The molecule has 0 N–H and O–H groups in total. The molecular weight excluding hydrogens is 172 g/mol. The fourth-order valence-corrected chi connectivity index (χ4v) is 1.21. The summed E-state index contributed by atoms with van der Waals surface area (Å²) in [5.41, 5.74) is 2.22. The molecule has 0 fully saturated rings. The number of aromatic nitrogens is 1. The number of rotatable bonds is 1. The Bertz CT molecular complexity index is 469. The smallest absolute Gasteiger partial charge is 0.141 e. The van der Waals surface area contributed by atoms with Gasteiger partial charge in [0.25, 0.3) is 0 Å². The van der Waals surface area contributed by atoms with Crippen LogP contribution in [-0.2, 0) is 0 Å². The van der Waals surface area contributed by atoms with Crippen LogP contribution in [0.15, 0.2) is 42.5 Å². The van der Waals surface area contributed by atoms with Crippen molar-refractivity contribution in [3.63, 3.8) is 0 Å². The molecule has 2 heteroatoms. The summed E-state index contributed by atoms with van der Waals surface area (Å²) in [5, 5.41) is 8.69. The highest BCUT2D eigenvalue weighted by molar-refractivity contribution is 5.59. The van der Waals surface area contributed by atoms with Gasteiger partial charge in [-0.25, -0.2) is 4.98 Å². The van der Waals surface area contributed by atoms with Crippen molar-refractivity contribution >= 4 is 0 Å². The van der Waals surface area contributed by atoms with Crippen molar-refractivity contribution in [2.45, 2.75) is 0 Å². The standard InChI is InChI=1S/C12H7N2/c13-9-11-7-4-8-12(14-11)10-5-2-1-3-6-10/h1-2,4-8H. The minimum absolute atomic E-state index is 0.436. The van der Waals surface area contributed by atoms with Gasteiger partial charge in [-0.3, -0.25) is 0 Å². The van der Waals surface area contributed by atoms with Crippen LogP contribution in [0.1, 0.15) is 5.69 Å². The number of hydrogen-bond acceptors (Lipinski definition) is 2. The molecule has 2 rings (SSSR count). The molecule has 0 aliphatic heterocycles. The second-order valence-electron chi connectivity index (χ2n) is 2.81. The first-order valence-corrected chi connectivity index (χ1v) is 4.24. The lowest BCUT2D eigenvalue weighted by Gasteiger charge is -1.99. The average Bonchev–Trinajstić information content (AvgIpc) is 2.30. The van der Waals surface area contributed by atoms with Crippen LogP contribution < -0.4 is 0 Å². The Kier molecular flexibility index (Phi) is 2.24. The number of benzene rings is 1. The molecule has 1 heterocycles. The van der Waals surface area contributed by atoms with Crippen LogP contribution in [-0.4, -0.2) is 4.98 Å². The SMILES string of the molecule is N#Cc1cccc(-c2c[c]ccc2)n1. The summed E-state index contributed by atoms with van der Waals surface area (Å²) in [6.07, 6.45) is 0. The van der Waals surface area contributed by atoms with E-state index in [1.54, 1.807) is 6.07 Å². The highest BCUT2D eigenvalue weighted by Crippen LogP contribution is 2.15. The maximum absolute atomic E-state index is 8.69. The van der Waals surface area contributed by atoms with E-state index in [0.717, 1.165) is 11.3 Å². The van der Waals surface area contributed by atoms with Crippen LogP contribution in [0.4, 0.5) is 0 Å². The first-order chi connectivity index (χ1) is 6.90. The molecule has 0 amide bonds. The van der Waals surface area contributed by atoms with E-state index < -0.39 is 0 Å². The number of nitriles is 1. The minimum atomic E-state index is 0.436. The molecule has 2 nitrogen and oxygen atoms in total. The third kappa shape index (κ3) is 1.62. The maximum atomic E-state index is 8.69. The Morgan fingerprint density at radius 1 is 1.21 bits per heavy atom. The molecule has 0 bridgehead atoms. The molecule has 2 aromatic rings. The minimum Gasteiger partial charge on any atom is -0.237 e. The molecule has 1 radical (unpaired) electrons. The summed E-state index contributed by atoms with van der Waals surface area (Å²) < 4.78 is 0. The lowest BCUT2D eigenvalue weighted by molar-refractivity contribution is 1.26. The first kappa shape index (κ1) is 8.46. The van der Waals surface area contributed by atoms with Crippen LogP contribution in [0.3, 0.4) is 0 Å². The largest absolute Gasteiger partial charge is 0.237 e. The summed E-state index contributed by atoms with van der Waals surface area (Å²) in [4.78, 5) is 4.18. The fourth-order valence-electron chi connectivity index (χ4n) is 1.21. The van der Waals surface area contributed by atoms with Crippen LogP contribution in [0, 0.1) is 17.4 Å². The van der Waals surface area contributed by atoms with Crippen molar-refractivity contribution in [2.24, 2.45) is 0 Å². The third-order valence-corrected chi connectivity index (χ3v) is 1.87. The zero-order valence-corrected chi connectivity index (χ0v) is 7.44. The van der Waals surface area contributed by atoms with E-state index in [1.165, 1.54) is 0 Å². The highest BCUT2D eigenvalue weighted by Gasteiger charge is 1.98. The van der Waals surface area contributed by atoms with Crippen LogP contribution >= 0.6 is 0 Å². The Morgan fingerprint density at radius 2 is 2.14 bits per heavy atom. The van der Waals surface area contributed by atoms with Gasteiger partial charge in [-0.1, -0.05) is 24.3 Å². The van der Waals surface area contributed by atoms with E-state index in [2.05, 4.69) is 11.1 Å². The van der Waals surface area contributed by atoms with E-state index in [4.69, 9.17) is 5.26 Å². The topological polar surface area (TPSA) is 36.7 Å². The van der Waals surface area contributed by atoms with Crippen LogP contribution in [0.2, 0.25) is 0 Å². The third-order valence-electron chi connectivity index (χ3n) is 1.87. The fraction of sp³-hybridized carbons (Fsp3) is 0. The molecular formula is C12H7N2. The van der Waals surface area contributed by atoms with Crippen molar-refractivity contribution in [1.82, 2.24) is 4.98 Å². The molecule has 1 aromatic heterocycles. The van der Waals surface area contributed by atoms with E-state index in [9.17, 15) is 0 Å². The predicted octanol–water partition coefficient (Wildman–Crippen LogP) is 2.42. The van der Waals surface area contributed by atoms with Gasteiger partial charge in [0.05, 0.1) is 5.69 Å². The first-order valence-electron chi connectivity index (χ1n) is 4.24. The van der Waals surface area contributed by atoms with Gasteiger partial charge < -0.3 is 0 Å². The van der Waals surface area contributed by atoms with E-state index >= 15 is 0 Å². The number of nitrogens with zero attached hydrogens (tertiary/aromatic N) is 2. The summed E-state index contributed by atoms with van der Waals surface area (Å²) in [6.45, 7) is 0. The summed E-state index contributed by atoms with van der Waals surface area (Å²) in [7, 11) is 0. The molecule has 0 aliphatic rings. The summed E-state index contributed by atoms with van der Waals surface area (Å²) in [6, 6.07) is 17.9. The highest BCUT2D eigenvalue weighted by atomic mass is 14.7. The zero-order chi connectivity index (χ0) is 9.80. The molecule has 0 saturated heterocycles. The molecule has 0 aliphatic carbocycles. The molecule has 14 heavy (non-hydrogen) atoms.